The van der Waals surface area contributed by atoms with Crippen molar-refractivity contribution in [1.82, 2.24) is 5.32 Å². The third-order valence-electron chi connectivity index (χ3n) is 11.1. The van der Waals surface area contributed by atoms with Gasteiger partial charge in [0.1, 0.15) is 22.8 Å². The molecule has 0 aliphatic carbocycles. The number of para-hydroxylation sites is 1. The number of aliphatic imine (C=N–C) groups is 2. The zero-order valence-corrected chi connectivity index (χ0v) is 30.9. The Morgan fingerprint density at radius 1 is 0.368 bits per heavy atom. The van der Waals surface area contributed by atoms with E-state index in [0.717, 1.165) is 77.8 Å². The summed E-state index contributed by atoms with van der Waals surface area (Å²) in [5.74, 6) is 1.53. The van der Waals surface area contributed by atoms with Crippen molar-refractivity contribution in [2.45, 2.75) is 6.17 Å². The highest BCUT2D eigenvalue weighted by Gasteiger charge is 2.27. The van der Waals surface area contributed by atoms with Crippen molar-refractivity contribution in [2.75, 3.05) is 0 Å². The predicted molar refractivity (Wildman–Crippen MR) is 237 cm³/mol. The number of benzene rings is 9. The molecule has 10 aromatic rings. The number of fused-ring (bicyclic) bond motifs is 5. The summed E-state index contributed by atoms with van der Waals surface area (Å²) in [7, 11) is 0. The van der Waals surface area contributed by atoms with Crippen LogP contribution in [0, 0.1) is 0 Å². The lowest BCUT2D eigenvalue weighted by Crippen LogP contribution is -2.36. The summed E-state index contributed by atoms with van der Waals surface area (Å²) >= 11 is 0. The predicted octanol–water partition coefficient (Wildman–Crippen LogP) is 13.4. The van der Waals surface area contributed by atoms with Crippen LogP contribution in [0.5, 0.6) is 0 Å². The van der Waals surface area contributed by atoms with Crippen LogP contribution in [0.4, 0.5) is 0 Å². The number of rotatable bonds is 6. The molecule has 0 saturated heterocycles. The van der Waals surface area contributed by atoms with Gasteiger partial charge in [0.2, 0.25) is 0 Å². The van der Waals surface area contributed by atoms with E-state index < -0.39 is 6.17 Å². The summed E-state index contributed by atoms with van der Waals surface area (Å²) in [5, 5.41) is 10.4. The Kier molecular flexibility index (Phi) is 7.85. The molecule has 1 atom stereocenters. The largest absolute Gasteiger partial charge is 0.456 e. The molecule has 9 aromatic carbocycles. The maximum absolute atomic E-state index is 6.52. The molecule has 1 aliphatic heterocycles. The Balaban J connectivity index is 1.13. The number of hydrogen-bond acceptors (Lipinski definition) is 4. The van der Waals surface area contributed by atoms with Gasteiger partial charge in [0, 0.05) is 27.5 Å². The van der Waals surface area contributed by atoms with E-state index in [1.54, 1.807) is 0 Å². The maximum atomic E-state index is 6.52. The van der Waals surface area contributed by atoms with Gasteiger partial charge in [-0.1, -0.05) is 164 Å². The van der Waals surface area contributed by atoms with Crippen LogP contribution in [0.1, 0.15) is 22.9 Å². The molecule has 1 N–H and O–H groups in total. The Morgan fingerprint density at radius 2 is 0.895 bits per heavy atom. The topological polar surface area (TPSA) is 49.9 Å². The second-order valence-corrected chi connectivity index (χ2v) is 14.6. The highest BCUT2D eigenvalue weighted by molar-refractivity contribution is 6.18. The molecule has 0 radical (unpaired) electrons. The molecule has 11 rings (SSSR count). The first-order valence-electron chi connectivity index (χ1n) is 19.3. The van der Waals surface area contributed by atoms with Crippen LogP contribution in [-0.4, -0.2) is 11.7 Å². The second kappa shape index (κ2) is 13.6. The highest BCUT2D eigenvalue weighted by Crippen LogP contribution is 2.43. The summed E-state index contributed by atoms with van der Waals surface area (Å²) < 4.78 is 6.52. The summed E-state index contributed by atoms with van der Waals surface area (Å²) in [4.78, 5) is 11.0. The normalized spacial score (nSPS) is 14.1. The molecule has 268 valence electrons. The average molecular weight is 730 g/mol. The third kappa shape index (κ3) is 5.96. The minimum absolute atomic E-state index is 0.584. The fraction of sp³-hybridized carbons (Fsp3) is 0.0189. The maximum Gasteiger partial charge on any atom is 0.171 e. The number of amidine groups is 2. The second-order valence-electron chi connectivity index (χ2n) is 14.6. The van der Waals surface area contributed by atoms with Crippen LogP contribution in [-0.2, 0) is 0 Å². The first kappa shape index (κ1) is 32.8. The van der Waals surface area contributed by atoms with Crippen molar-refractivity contribution < 1.29 is 4.42 Å². The van der Waals surface area contributed by atoms with Crippen molar-refractivity contribution in [1.29, 1.82) is 0 Å². The lowest BCUT2D eigenvalue weighted by atomic mass is 9.91. The number of hydrogen-bond donors (Lipinski definition) is 1. The molecule has 1 aliphatic rings. The van der Waals surface area contributed by atoms with E-state index in [-0.39, 0.29) is 0 Å². The third-order valence-corrected chi connectivity index (χ3v) is 11.1. The van der Waals surface area contributed by atoms with E-state index in [1.807, 2.05) is 12.1 Å². The van der Waals surface area contributed by atoms with E-state index >= 15 is 0 Å². The molecule has 0 fully saturated rings. The molecule has 4 heteroatoms. The standard InChI is InChI=1S/C53H35N3O/c1-3-12-34(13-4-1)38-18-11-19-42(31-38)45-28-29-48-49(46-20-9-10-21-47(46)57-48)50(45)53-55-51(43-26-22-36-16-7-8-17-37(36)32-43)54-52(56-53)44-27-25-40-30-39(23-24-41(40)33-44)35-14-5-2-6-15-35/h1-33,53H,(H,54,55,56). The monoisotopic (exact) mass is 729 g/mol. The fourth-order valence-electron chi connectivity index (χ4n) is 8.27. The summed E-state index contributed by atoms with van der Waals surface area (Å²) in [6.07, 6.45) is -0.584. The SMILES string of the molecule is c1ccc(-c2cccc(-c3ccc4oc5ccccc5c4c3C3N=C(c4ccc5ccccc5c4)NC(c4ccc5cc(-c6ccccc6)ccc5c4)=N3)c2)cc1. The highest BCUT2D eigenvalue weighted by atomic mass is 16.3. The van der Waals surface area contributed by atoms with Gasteiger partial charge in [-0.15, -0.1) is 0 Å². The van der Waals surface area contributed by atoms with Crippen LogP contribution in [0.25, 0.3) is 76.9 Å². The minimum atomic E-state index is -0.584. The molecular weight excluding hydrogens is 695 g/mol. The number of furan rings is 1. The molecular formula is C53H35N3O. The Labute approximate surface area is 330 Å². The van der Waals surface area contributed by atoms with Crippen molar-refractivity contribution >= 4 is 55.2 Å². The van der Waals surface area contributed by atoms with Gasteiger partial charge in [0.05, 0.1) is 0 Å². The molecule has 1 unspecified atom stereocenters. The van der Waals surface area contributed by atoms with E-state index in [9.17, 15) is 0 Å². The van der Waals surface area contributed by atoms with E-state index in [4.69, 9.17) is 14.4 Å². The van der Waals surface area contributed by atoms with E-state index in [0.29, 0.717) is 0 Å². The molecule has 57 heavy (non-hydrogen) atoms. The van der Waals surface area contributed by atoms with Gasteiger partial charge in [0.15, 0.2) is 6.17 Å². The van der Waals surface area contributed by atoms with E-state index in [2.05, 4.69) is 193 Å². The van der Waals surface area contributed by atoms with Gasteiger partial charge < -0.3 is 9.73 Å². The van der Waals surface area contributed by atoms with Crippen LogP contribution in [0.2, 0.25) is 0 Å². The summed E-state index contributed by atoms with van der Waals surface area (Å²) in [6.45, 7) is 0. The van der Waals surface area contributed by atoms with Crippen LogP contribution < -0.4 is 5.32 Å². The molecule has 2 heterocycles. The van der Waals surface area contributed by atoms with E-state index in [1.165, 1.54) is 27.5 Å². The van der Waals surface area contributed by atoms with Crippen molar-refractivity contribution in [2.24, 2.45) is 9.98 Å². The Bertz CT molecular complexity index is 3210. The zero-order valence-electron chi connectivity index (χ0n) is 30.9. The van der Waals surface area contributed by atoms with Gasteiger partial charge in [0.25, 0.3) is 0 Å². The van der Waals surface area contributed by atoms with Crippen LogP contribution >= 0.6 is 0 Å². The number of nitrogens with one attached hydrogen (secondary N) is 1. The summed E-state index contributed by atoms with van der Waals surface area (Å²) in [6, 6.07) is 70.6. The molecule has 0 amide bonds. The van der Waals surface area contributed by atoms with Gasteiger partial charge in [-0.3, -0.25) is 0 Å². The van der Waals surface area contributed by atoms with Gasteiger partial charge >= 0.3 is 0 Å². The first-order chi connectivity index (χ1) is 28.2. The molecule has 0 saturated carbocycles. The van der Waals surface area contributed by atoms with Crippen LogP contribution in [0.3, 0.4) is 0 Å². The van der Waals surface area contributed by atoms with Crippen molar-refractivity contribution in [3.8, 4) is 33.4 Å². The van der Waals surface area contributed by atoms with Crippen molar-refractivity contribution in [3.63, 3.8) is 0 Å². The molecule has 0 bridgehead atoms. The molecule has 0 spiro atoms. The Hall–Kier alpha value is -7.56. The van der Waals surface area contributed by atoms with Gasteiger partial charge in [-0.05, 0) is 91.3 Å². The smallest absolute Gasteiger partial charge is 0.171 e. The Morgan fingerprint density at radius 3 is 1.61 bits per heavy atom. The first-order valence-corrected chi connectivity index (χ1v) is 19.3. The summed E-state index contributed by atoms with van der Waals surface area (Å²) in [5.41, 5.74) is 11.5. The lowest BCUT2D eigenvalue weighted by molar-refractivity contribution is 0.667. The zero-order chi connectivity index (χ0) is 37.7. The minimum Gasteiger partial charge on any atom is -0.456 e. The molecule has 1 aromatic heterocycles. The van der Waals surface area contributed by atoms with Crippen LogP contribution in [0.15, 0.2) is 215 Å². The number of nitrogens with zero attached hydrogens (tertiary/aromatic N) is 2. The quantitative estimate of drug-likeness (QED) is 0.185. The lowest BCUT2D eigenvalue weighted by Gasteiger charge is -2.25. The van der Waals surface area contributed by atoms with Gasteiger partial charge in [-0.2, -0.15) is 0 Å². The molecule has 4 nitrogen and oxygen atoms in total. The fourth-order valence-corrected chi connectivity index (χ4v) is 8.27. The van der Waals surface area contributed by atoms with Gasteiger partial charge in [-0.25, -0.2) is 9.98 Å². The van der Waals surface area contributed by atoms with Crippen molar-refractivity contribution in [3.05, 3.63) is 217 Å². The average Bonchev–Trinajstić information content (AvgIpc) is 3.67.